The maximum Gasteiger partial charge on any atom is 0.307 e. The molecule has 0 saturated heterocycles. The average molecular weight is 642 g/mol. The van der Waals surface area contributed by atoms with Crippen molar-refractivity contribution in [2.45, 2.75) is 57.4 Å². The minimum absolute atomic E-state index is 0.157. The number of nitrogens with zero attached hydrogens (tertiary/aromatic N) is 1. The third-order valence-corrected chi connectivity index (χ3v) is 9.01. The standard InChI is InChI=1S/C31H32INO4S/c1-4-5-11-26-20-29(37-23(3)34)30(25-14-16-27(32)17-15-25)31(26)33(21-24-9-7-6-8-10-24)38(35,36)28-18-12-22(2)13-19-28/h6-10,12-20,30H,4-5,11,21H2,1-3H3. The molecule has 3 aromatic carbocycles. The molecule has 0 fully saturated rings. The van der Waals surface area contributed by atoms with Gasteiger partial charge in [-0.2, -0.15) is 0 Å². The van der Waals surface area contributed by atoms with E-state index in [9.17, 15) is 13.2 Å². The number of allylic oxidation sites excluding steroid dienone is 2. The van der Waals surface area contributed by atoms with Crippen molar-refractivity contribution in [2.24, 2.45) is 0 Å². The maximum atomic E-state index is 14.4. The average Bonchev–Trinajstić information content (AvgIpc) is 3.23. The molecule has 0 bridgehead atoms. The third kappa shape index (κ3) is 6.38. The molecule has 0 saturated carbocycles. The lowest BCUT2D eigenvalue weighted by Crippen LogP contribution is -2.33. The second-order valence-electron chi connectivity index (χ2n) is 9.45. The van der Waals surface area contributed by atoms with E-state index in [2.05, 4.69) is 29.5 Å². The Bertz CT molecular complexity index is 1440. The van der Waals surface area contributed by atoms with Crippen molar-refractivity contribution in [2.75, 3.05) is 0 Å². The third-order valence-electron chi connectivity index (χ3n) is 6.51. The van der Waals surface area contributed by atoms with Gasteiger partial charge in [-0.15, -0.1) is 0 Å². The zero-order chi connectivity index (χ0) is 27.3. The molecule has 4 rings (SSSR count). The fraction of sp³-hybridized carbons (Fsp3) is 0.258. The number of carbonyl (C=O) groups is 1. The Morgan fingerprint density at radius 3 is 2.24 bits per heavy atom. The van der Waals surface area contributed by atoms with Crippen LogP contribution in [-0.2, 0) is 26.1 Å². The number of rotatable bonds is 10. The Kier molecular flexibility index (Phi) is 9.10. The normalized spacial score (nSPS) is 15.4. The molecule has 0 N–H and O–H groups in total. The first kappa shape index (κ1) is 28.1. The van der Waals surface area contributed by atoms with E-state index < -0.39 is 21.9 Å². The highest BCUT2D eigenvalue weighted by atomic mass is 127. The van der Waals surface area contributed by atoms with Gasteiger partial charge in [-0.1, -0.05) is 73.5 Å². The van der Waals surface area contributed by atoms with Gasteiger partial charge in [0, 0.05) is 16.2 Å². The minimum atomic E-state index is -3.96. The van der Waals surface area contributed by atoms with Crippen LogP contribution in [0.4, 0.5) is 0 Å². The zero-order valence-corrected chi connectivity index (χ0v) is 24.8. The topological polar surface area (TPSA) is 63.7 Å². The summed E-state index contributed by atoms with van der Waals surface area (Å²) in [6.45, 7) is 5.57. The summed E-state index contributed by atoms with van der Waals surface area (Å²) in [6, 6.07) is 24.5. The number of benzene rings is 3. The van der Waals surface area contributed by atoms with Crippen molar-refractivity contribution in [3.63, 3.8) is 0 Å². The molecular formula is C31H32INO4S. The van der Waals surface area contributed by atoms with Gasteiger partial charge < -0.3 is 4.74 Å². The van der Waals surface area contributed by atoms with Crippen molar-refractivity contribution in [3.8, 4) is 0 Å². The molecule has 1 aliphatic carbocycles. The van der Waals surface area contributed by atoms with Crippen LogP contribution >= 0.6 is 22.6 Å². The lowest BCUT2D eigenvalue weighted by molar-refractivity contribution is -0.137. The molecular weight excluding hydrogens is 609 g/mol. The predicted octanol–water partition coefficient (Wildman–Crippen LogP) is 7.48. The summed E-state index contributed by atoms with van der Waals surface area (Å²) in [5.41, 5.74) is 4.24. The number of carbonyl (C=O) groups excluding carboxylic acids is 1. The summed E-state index contributed by atoms with van der Waals surface area (Å²) < 4.78 is 37.1. The molecule has 0 aliphatic heterocycles. The van der Waals surface area contributed by atoms with Gasteiger partial charge in [-0.3, -0.25) is 9.10 Å². The Balaban J connectivity index is 1.94. The van der Waals surface area contributed by atoms with E-state index in [0.29, 0.717) is 17.9 Å². The van der Waals surface area contributed by atoms with Gasteiger partial charge in [-0.05, 0) is 89.4 Å². The lowest BCUT2D eigenvalue weighted by atomic mass is 9.95. The van der Waals surface area contributed by atoms with Gasteiger partial charge in [0.25, 0.3) is 10.0 Å². The Hall–Kier alpha value is -2.91. The first-order valence-corrected chi connectivity index (χ1v) is 15.2. The summed E-state index contributed by atoms with van der Waals surface area (Å²) in [6.07, 6.45) is 4.38. The van der Waals surface area contributed by atoms with E-state index in [4.69, 9.17) is 4.74 Å². The first-order valence-electron chi connectivity index (χ1n) is 12.7. The summed E-state index contributed by atoms with van der Waals surface area (Å²) in [5, 5.41) is 0. The van der Waals surface area contributed by atoms with Crippen molar-refractivity contribution < 1.29 is 17.9 Å². The molecule has 7 heteroatoms. The number of esters is 1. The van der Waals surface area contributed by atoms with Crippen LogP contribution in [0.1, 0.15) is 55.7 Å². The maximum absolute atomic E-state index is 14.4. The fourth-order valence-corrected chi connectivity index (χ4v) is 6.53. The van der Waals surface area contributed by atoms with Gasteiger partial charge in [0.05, 0.1) is 17.4 Å². The van der Waals surface area contributed by atoms with E-state index in [1.165, 1.54) is 11.2 Å². The zero-order valence-electron chi connectivity index (χ0n) is 21.9. The van der Waals surface area contributed by atoms with Crippen LogP contribution in [0.2, 0.25) is 0 Å². The molecule has 3 aromatic rings. The molecule has 38 heavy (non-hydrogen) atoms. The van der Waals surface area contributed by atoms with Gasteiger partial charge in [0.1, 0.15) is 5.76 Å². The van der Waals surface area contributed by atoms with Crippen molar-refractivity contribution >= 4 is 38.6 Å². The van der Waals surface area contributed by atoms with Gasteiger partial charge in [0.2, 0.25) is 0 Å². The molecule has 0 amide bonds. The number of hydrogen-bond acceptors (Lipinski definition) is 4. The summed E-state index contributed by atoms with van der Waals surface area (Å²) in [7, 11) is -3.96. The summed E-state index contributed by atoms with van der Waals surface area (Å²) in [4.78, 5) is 12.4. The number of unbranched alkanes of at least 4 members (excludes halogenated alkanes) is 1. The van der Waals surface area contributed by atoms with Gasteiger partial charge >= 0.3 is 5.97 Å². The number of halogens is 1. The highest BCUT2D eigenvalue weighted by Gasteiger charge is 2.39. The van der Waals surface area contributed by atoms with Crippen LogP contribution in [0.25, 0.3) is 0 Å². The number of ether oxygens (including phenoxy) is 1. The molecule has 1 atom stereocenters. The highest BCUT2D eigenvalue weighted by molar-refractivity contribution is 14.1. The molecule has 198 valence electrons. The molecule has 1 unspecified atom stereocenters. The summed E-state index contributed by atoms with van der Waals surface area (Å²) in [5.74, 6) is -0.512. The van der Waals surface area contributed by atoms with Crippen molar-refractivity contribution in [1.29, 1.82) is 0 Å². The van der Waals surface area contributed by atoms with Crippen LogP contribution in [0.3, 0.4) is 0 Å². The summed E-state index contributed by atoms with van der Waals surface area (Å²) >= 11 is 2.25. The molecule has 0 radical (unpaired) electrons. The largest absolute Gasteiger partial charge is 0.430 e. The fourth-order valence-electron chi connectivity index (χ4n) is 4.64. The molecule has 0 heterocycles. The Morgan fingerprint density at radius 2 is 1.63 bits per heavy atom. The smallest absolute Gasteiger partial charge is 0.307 e. The van der Waals surface area contributed by atoms with Crippen LogP contribution in [-0.4, -0.2) is 18.7 Å². The SMILES string of the molecule is CCCCC1=C(N(Cc2ccccc2)S(=O)(=O)c2ccc(C)cc2)C(c2ccc(I)cc2)C(OC(C)=O)=C1. The van der Waals surface area contributed by atoms with E-state index in [1.807, 2.05) is 79.7 Å². The number of sulfonamides is 1. The second kappa shape index (κ2) is 12.3. The number of hydrogen-bond donors (Lipinski definition) is 0. The Morgan fingerprint density at radius 1 is 0.974 bits per heavy atom. The van der Waals surface area contributed by atoms with E-state index in [1.54, 1.807) is 12.1 Å². The Labute approximate surface area is 239 Å². The molecule has 0 spiro atoms. The van der Waals surface area contributed by atoms with Gasteiger partial charge in [-0.25, -0.2) is 8.42 Å². The first-order chi connectivity index (χ1) is 18.2. The van der Waals surface area contributed by atoms with E-state index in [-0.39, 0.29) is 11.4 Å². The van der Waals surface area contributed by atoms with Crippen molar-refractivity contribution in [3.05, 3.63) is 122 Å². The number of aryl methyl sites for hydroxylation is 1. The highest BCUT2D eigenvalue weighted by Crippen LogP contribution is 2.46. The van der Waals surface area contributed by atoms with Crippen LogP contribution in [0.15, 0.2) is 107 Å². The van der Waals surface area contributed by atoms with Crippen LogP contribution < -0.4 is 0 Å². The van der Waals surface area contributed by atoms with Crippen molar-refractivity contribution in [1.82, 2.24) is 4.31 Å². The van der Waals surface area contributed by atoms with E-state index >= 15 is 0 Å². The molecule has 0 aromatic heterocycles. The van der Waals surface area contributed by atoms with Crippen LogP contribution in [0, 0.1) is 10.5 Å². The van der Waals surface area contributed by atoms with Gasteiger partial charge in [0.15, 0.2) is 0 Å². The molecule has 5 nitrogen and oxygen atoms in total. The minimum Gasteiger partial charge on any atom is -0.430 e. The monoisotopic (exact) mass is 641 g/mol. The predicted molar refractivity (Wildman–Crippen MR) is 159 cm³/mol. The second-order valence-corrected chi connectivity index (χ2v) is 12.6. The lowest BCUT2D eigenvalue weighted by Gasteiger charge is -2.32. The molecule has 1 aliphatic rings. The van der Waals surface area contributed by atoms with Crippen LogP contribution in [0.5, 0.6) is 0 Å². The quantitative estimate of drug-likeness (QED) is 0.170. The van der Waals surface area contributed by atoms with E-state index in [0.717, 1.165) is 38.7 Å².